The molecule has 1 aliphatic carbocycles. The van der Waals surface area contributed by atoms with E-state index in [-0.39, 0.29) is 0 Å². The molecule has 1 aliphatic rings. The molecule has 1 unspecified atom stereocenters. The van der Waals surface area contributed by atoms with E-state index in [0.29, 0.717) is 6.04 Å². The van der Waals surface area contributed by atoms with Crippen molar-refractivity contribution in [3.8, 4) is 0 Å². The van der Waals surface area contributed by atoms with Crippen LogP contribution in [0.3, 0.4) is 0 Å². The first-order valence-electron chi connectivity index (χ1n) is 7.28. The molecule has 0 aromatic heterocycles. The highest BCUT2D eigenvalue weighted by Crippen LogP contribution is 2.29. The molecule has 0 aromatic rings. The average Bonchev–Trinajstić information content (AvgIpc) is 3.14. The van der Waals surface area contributed by atoms with E-state index in [9.17, 15) is 0 Å². The van der Waals surface area contributed by atoms with Gasteiger partial charge in [0, 0.05) is 32.3 Å². The van der Waals surface area contributed by atoms with Gasteiger partial charge in [0.25, 0.3) is 0 Å². The summed E-state index contributed by atoms with van der Waals surface area (Å²) in [6, 6.07) is 1.54. The van der Waals surface area contributed by atoms with Crippen molar-refractivity contribution in [2.75, 3.05) is 33.4 Å². The SMILES string of the molecule is CCCNCC(CCC)N(CCOC)C1CC1. The molecule has 0 saturated heterocycles. The van der Waals surface area contributed by atoms with Crippen LogP contribution in [0.15, 0.2) is 0 Å². The number of nitrogens with zero attached hydrogens (tertiary/aromatic N) is 1. The molecule has 17 heavy (non-hydrogen) atoms. The van der Waals surface area contributed by atoms with E-state index in [0.717, 1.165) is 32.3 Å². The predicted molar refractivity (Wildman–Crippen MR) is 73.5 cm³/mol. The summed E-state index contributed by atoms with van der Waals surface area (Å²) in [4.78, 5) is 2.68. The summed E-state index contributed by atoms with van der Waals surface area (Å²) in [6.45, 7) is 8.76. The maximum atomic E-state index is 5.24. The Morgan fingerprint density at radius 3 is 2.59 bits per heavy atom. The molecular weight excluding hydrogens is 212 g/mol. The van der Waals surface area contributed by atoms with Gasteiger partial charge in [-0.05, 0) is 32.2 Å². The molecule has 0 heterocycles. The van der Waals surface area contributed by atoms with Crippen LogP contribution in [-0.4, -0.2) is 50.3 Å². The molecule has 0 amide bonds. The predicted octanol–water partition coefficient (Wildman–Crippen LogP) is 2.27. The molecule has 0 radical (unpaired) electrons. The maximum absolute atomic E-state index is 5.24. The first kappa shape index (κ1) is 14.9. The van der Waals surface area contributed by atoms with Crippen LogP contribution in [0.1, 0.15) is 46.0 Å². The van der Waals surface area contributed by atoms with Crippen LogP contribution in [0.2, 0.25) is 0 Å². The topological polar surface area (TPSA) is 24.5 Å². The van der Waals surface area contributed by atoms with E-state index in [1.54, 1.807) is 7.11 Å². The summed E-state index contributed by atoms with van der Waals surface area (Å²) < 4.78 is 5.24. The zero-order chi connectivity index (χ0) is 12.5. The van der Waals surface area contributed by atoms with Gasteiger partial charge < -0.3 is 10.1 Å². The number of hydrogen-bond acceptors (Lipinski definition) is 3. The molecule has 102 valence electrons. The van der Waals surface area contributed by atoms with E-state index < -0.39 is 0 Å². The lowest BCUT2D eigenvalue weighted by Gasteiger charge is -2.32. The minimum Gasteiger partial charge on any atom is -0.383 e. The molecule has 0 spiro atoms. The molecule has 1 N–H and O–H groups in total. The van der Waals surface area contributed by atoms with E-state index in [2.05, 4.69) is 24.1 Å². The van der Waals surface area contributed by atoms with Gasteiger partial charge in [-0.3, -0.25) is 4.90 Å². The van der Waals surface area contributed by atoms with Gasteiger partial charge in [-0.1, -0.05) is 20.3 Å². The van der Waals surface area contributed by atoms with Crippen LogP contribution in [0.25, 0.3) is 0 Å². The van der Waals surface area contributed by atoms with Gasteiger partial charge in [-0.15, -0.1) is 0 Å². The summed E-state index contributed by atoms with van der Waals surface area (Å²) in [5.41, 5.74) is 0. The van der Waals surface area contributed by atoms with Crippen molar-refractivity contribution in [3.05, 3.63) is 0 Å². The fourth-order valence-corrected chi connectivity index (χ4v) is 2.43. The summed E-state index contributed by atoms with van der Waals surface area (Å²) >= 11 is 0. The van der Waals surface area contributed by atoms with E-state index in [1.807, 2.05) is 0 Å². The summed E-state index contributed by atoms with van der Waals surface area (Å²) in [5, 5.41) is 3.58. The van der Waals surface area contributed by atoms with Gasteiger partial charge >= 0.3 is 0 Å². The van der Waals surface area contributed by atoms with Gasteiger partial charge in [0.15, 0.2) is 0 Å². The molecule has 3 heteroatoms. The van der Waals surface area contributed by atoms with Crippen molar-refractivity contribution < 1.29 is 4.74 Å². The third-order valence-electron chi connectivity index (χ3n) is 3.47. The summed E-state index contributed by atoms with van der Waals surface area (Å²) in [5.74, 6) is 0. The Hall–Kier alpha value is -0.120. The molecular formula is C14H30N2O. The number of methoxy groups -OCH3 is 1. The smallest absolute Gasteiger partial charge is 0.0589 e. The van der Waals surface area contributed by atoms with E-state index in [4.69, 9.17) is 4.74 Å². The zero-order valence-corrected chi connectivity index (χ0v) is 11.9. The zero-order valence-electron chi connectivity index (χ0n) is 11.9. The number of hydrogen-bond donors (Lipinski definition) is 1. The second-order valence-electron chi connectivity index (χ2n) is 5.11. The Bertz CT molecular complexity index is 183. The molecule has 0 aromatic carbocycles. The molecule has 3 nitrogen and oxygen atoms in total. The molecule has 1 rings (SSSR count). The van der Waals surface area contributed by atoms with E-state index in [1.165, 1.54) is 32.1 Å². The second-order valence-corrected chi connectivity index (χ2v) is 5.11. The van der Waals surface area contributed by atoms with Gasteiger partial charge in [-0.2, -0.15) is 0 Å². The number of ether oxygens (including phenoxy) is 1. The summed E-state index contributed by atoms with van der Waals surface area (Å²) in [6.07, 6.45) is 6.57. The van der Waals surface area contributed by atoms with Gasteiger partial charge in [0.05, 0.1) is 6.61 Å². The van der Waals surface area contributed by atoms with Crippen molar-refractivity contribution in [2.45, 2.75) is 58.0 Å². The van der Waals surface area contributed by atoms with Crippen LogP contribution in [-0.2, 0) is 4.74 Å². The third-order valence-corrected chi connectivity index (χ3v) is 3.47. The average molecular weight is 242 g/mol. The minimum absolute atomic E-state index is 0.703. The fourth-order valence-electron chi connectivity index (χ4n) is 2.43. The van der Waals surface area contributed by atoms with Gasteiger partial charge in [0.1, 0.15) is 0 Å². The highest BCUT2D eigenvalue weighted by molar-refractivity contribution is 4.89. The fraction of sp³-hybridized carbons (Fsp3) is 1.00. The maximum Gasteiger partial charge on any atom is 0.0589 e. The van der Waals surface area contributed by atoms with Crippen molar-refractivity contribution in [2.24, 2.45) is 0 Å². The van der Waals surface area contributed by atoms with Crippen LogP contribution in [0.4, 0.5) is 0 Å². The lowest BCUT2D eigenvalue weighted by atomic mass is 10.1. The quantitative estimate of drug-likeness (QED) is 0.563. The Morgan fingerprint density at radius 1 is 1.29 bits per heavy atom. The monoisotopic (exact) mass is 242 g/mol. The van der Waals surface area contributed by atoms with Crippen LogP contribution in [0, 0.1) is 0 Å². The highest BCUT2D eigenvalue weighted by atomic mass is 16.5. The highest BCUT2D eigenvalue weighted by Gasteiger charge is 2.32. The van der Waals surface area contributed by atoms with E-state index >= 15 is 0 Å². The first-order valence-corrected chi connectivity index (χ1v) is 7.28. The van der Waals surface area contributed by atoms with Crippen molar-refractivity contribution in [1.29, 1.82) is 0 Å². The van der Waals surface area contributed by atoms with Gasteiger partial charge in [0.2, 0.25) is 0 Å². The number of nitrogens with one attached hydrogen (secondary N) is 1. The van der Waals surface area contributed by atoms with Crippen LogP contribution < -0.4 is 5.32 Å². The van der Waals surface area contributed by atoms with Gasteiger partial charge in [-0.25, -0.2) is 0 Å². The normalized spacial score (nSPS) is 17.6. The summed E-state index contributed by atoms with van der Waals surface area (Å²) in [7, 11) is 1.80. The lowest BCUT2D eigenvalue weighted by molar-refractivity contribution is 0.108. The number of rotatable bonds is 11. The molecule has 0 bridgehead atoms. The van der Waals surface area contributed by atoms with Crippen molar-refractivity contribution in [1.82, 2.24) is 10.2 Å². The molecule has 1 atom stereocenters. The minimum atomic E-state index is 0.703. The largest absolute Gasteiger partial charge is 0.383 e. The van der Waals surface area contributed by atoms with Crippen LogP contribution in [0.5, 0.6) is 0 Å². The third kappa shape index (κ3) is 5.84. The molecule has 1 saturated carbocycles. The Labute approximate surface area is 107 Å². The first-order chi connectivity index (χ1) is 8.33. The second kappa shape index (κ2) is 8.90. The molecule has 0 aliphatic heterocycles. The van der Waals surface area contributed by atoms with Crippen molar-refractivity contribution in [3.63, 3.8) is 0 Å². The standard InChI is InChI=1S/C14H30N2O/c1-4-6-14(12-15-9-5-2)16(10-11-17-3)13-7-8-13/h13-15H,4-12H2,1-3H3. The lowest BCUT2D eigenvalue weighted by Crippen LogP contribution is -2.45. The van der Waals surface area contributed by atoms with Crippen molar-refractivity contribution >= 4 is 0 Å². The Morgan fingerprint density at radius 2 is 2.06 bits per heavy atom. The van der Waals surface area contributed by atoms with Crippen LogP contribution >= 0.6 is 0 Å². The Balaban J connectivity index is 2.38. The Kier molecular flexibility index (Phi) is 7.82. The molecule has 1 fully saturated rings.